The average Bonchev–Trinajstić information content (AvgIpc) is 2.58. The highest BCUT2D eigenvalue weighted by Crippen LogP contribution is 2.26. The molecule has 0 aromatic heterocycles. The van der Waals surface area contributed by atoms with Crippen LogP contribution in [0.5, 0.6) is 0 Å². The zero-order chi connectivity index (χ0) is 17.6. The smallest absolute Gasteiger partial charge is 0.211 e. The number of nitrogens with one attached hydrogen (secondary N) is 2. The van der Waals surface area contributed by atoms with Crippen molar-refractivity contribution in [2.45, 2.75) is 57.9 Å². The summed E-state index contributed by atoms with van der Waals surface area (Å²) in [7, 11) is -1.21. The SMILES string of the molecule is CCC1CCCC(NC(=NC)NCC2CCN(S(C)(=O)=O)CC2)C1.I. The molecule has 2 atom stereocenters. The molecule has 0 amide bonds. The van der Waals surface area contributed by atoms with Crippen LogP contribution in [-0.4, -0.2) is 57.7 Å². The fraction of sp³-hybridized carbons (Fsp3) is 0.941. The highest BCUT2D eigenvalue weighted by molar-refractivity contribution is 14.0. The predicted molar refractivity (Wildman–Crippen MR) is 115 cm³/mol. The molecule has 148 valence electrons. The lowest BCUT2D eigenvalue weighted by Gasteiger charge is -2.32. The number of aliphatic imine (C=N–C) groups is 1. The van der Waals surface area contributed by atoms with Gasteiger partial charge in [-0.2, -0.15) is 0 Å². The molecule has 1 heterocycles. The highest BCUT2D eigenvalue weighted by Gasteiger charge is 2.25. The van der Waals surface area contributed by atoms with Crippen LogP contribution < -0.4 is 10.6 Å². The number of hydrogen-bond acceptors (Lipinski definition) is 3. The molecule has 6 nitrogen and oxygen atoms in total. The summed E-state index contributed by atoms with van der Waals surface area (Å²) in [6.45, 7) is 4.42. The first-order valence-electron chi connectivity index (χ1n) is 9.34. The van der Waals surface area contributed by atoms with Crippen molar-refractivity contribution in [2.75, 3.05) is 32.9 Å². The topological polar surface area (TPSA) is 73.8 Å². The van der Waals surface area contributed by atoms with Crippen molar-refractivity contribution in [2.24, 2.45) is 16.8 Å². The maximum Gasteiger partial charge on any atom is 0.211 e. The highest BCUT2D eigenvalue weighted by atomic mass is 127. The van der Waals surface area contributed by atoms with Crippen LogP contribution in [0.4, 0.5) is 0 Å². The van der Waals surface area contributed by atoms with Crippen LogP contribution in [0.25, 0.3) is 0 Å². The van der Waals surface area contributed by atoms with Gasteiger partial charge in [0.05, 0.1) is 6.26 Å². The molecule has 2 fully saturated rings. The lowest BCUT2D eigenvalue weighted by atomic mass is 9.84. The molecule has 0 spiro atoms. The van der Waals surface area contributed by atoms with E-state index in [1.807, 2.05) is 7.05 Å². The molecule has 0 aromatic carbocycles. The zero-order valence-corrected chi connectivity index (χ0v) is 19.0. The molecular formula is C17H35IN4O2S. The number of hydrogen-bond donors (Lipinski definition) is 2. The van der Waals surface area contributed by atoms with E-state index in [1.165, 1.54) is 38.4 Å². The molecule has 8 heteroatoms. The van der Waals surface area contributed by atoms with E-state index < -0.39 is 10.0 Å². The number of piperidine rings is 1. The molecule has 2 N–H and O–H groups in total. The van der Waals surface area contributed by atoms with Crippen molar-refractivity contribution in [3.05, 3.63) is 0 Å². The van der Waals surface area contributed by atoms with Crippen LogP contribution in [0.3, 0.4) is 0 Å². The van der Waals surface area contributed by atoms with Crippen LogP contribution in [0.1, 0.15) is 51.9 Å². The van der Waals surface area contributed by atoms with Crippen molar-refractivity contribution < 1.29 is 8.42 Å². The second-order valence-electron chi connectivity index (χ2n) is 7.34. The van der Waals surface area contributed by atoms with Gasteiger partial charge in [-0.05, 0) is 37.5 Å². The summed E-state index contributed by atoms with van der Waals surface area (Å²) in [5.41, 5.74) is 0. The van der Waals surface area contributed by atoms with Gasteiger partial charge in [0, 0.05) is 32.7 Å². The van der Waals surface area contributed by atoms with Crippen molar-refractivity contribution in [3.8, 4) is 0 Å². The summed E-state index contributed by atoms with van der Waals surface area (Å²) in [6, 6.07) is 0.530. The third-order valence-electron chi connectivity index (χ3n) is 5.53. The summed E-state index contributed by atoms with van der Waals surface area (Å²) < 4.78 is 24.7. The summed E-state index contributed by atoms with van der Waals surface area (Å²) >= 11 is 0. The van der Waals surface area contributed by atoms with E-state index >= 15 is 0 Å². The summed E-state index contributed by atoms with van der Waals surface area (Å²) in [6.07, 6.45) is 9.52. The number of rotatable bonds is 5. The second-order valence-corrected chi connectivity index (χ2v) is 9.32. The fourth-order valence-electron chi connectivity index (χ4n) is 3.87. The minimum Gasteiger partial charge on any atom is -0.356 e. The molecule has 1 aliphatic heterocycles. The molecular weight excluding hydrogens is 451 g/mol. The van der Waals surface area contributed by atoms with Crippen LogP contribution in [-0.2, 0) is 10.0 Å². The predicted octanol–water partition coefficient (Wildman–Crippen LogP) is 2.41. The molecule has 2 rings (SSSR count). The van der Waals surface area contributed by atoms with Gasteiger partial charge in [-0.3, -0.25) is 4.99 Å². The van der Waals surface area contributed by atoms with Gasteiger partial charge in [-0.1, -0.05) is 26.2 Å². The minimum atomic E-state index is -3.04. The minimum absolute atomic E-state index is 0. The second kappa shape index (κ2) is 10.9. The first-order valence-corrected chi connectivity index (χ1v) is 11.2. The van der Waals surface area contributed by atoms with E-state index in [4.69, 9.17) is 0 Å². The first kappa shape index (κ1) is 23.0. The normalized spacial score (nSPS) is 26.8. The molecule has 2 aliphatic rings. The van der Waals surface area contributed by atoms with E-state index in [0.29, 0.717) is 25.0 Å². The third-order valence-corrected chi connectivity index (χ3v) is 6.83. The van der Waals surface area contributed by atoms with Crippen LogP contribution in [0.2, 0.25) is 0 Å². The fourth-order valence-corrected chi connectivity index (χ4v) is 4.74. The van der Waals surface area contributed by atoms with Gasteiger partial charge in [0.25, 0.3) is 0 Å². The Labute approximate surface area is 170 Å². The van der Waals surface area contributed by atoms with E-state index in [1.54, 1.807) is 4.31 Å². The van der Waals surface area contributed by atoms with Crippen LogP contribution in [0, 0.1) is 11.8 Å². The number of nitrogens with zero attached hydrogens (tertiary/aromatic N) is 2. The Morgan fingerprint density at radius 3 is 2.40 bits per heavy atom. The Kier molecular flexibility index (Phi) is 10.0. The Morgan fingerprint density at radius 2 is 1.84 bits per heavy atom. The van der Waals surface area contributed by atoms with Gasteiger partial charge in [0.15, 0.2) is 5.96 Å². The summed E-state index contributed by atoms with van der Waals surface area (Å²) in [4.78, 5) is 4.36. The van der Waals surface area contributed by atoms with E-state index in [0.717, 1.165) is 31.3 Å². The van der Waals surface area contributed by atoms with Crippen molar-refractivity contribution in [3.63, 3.8) is 0 Å². The monoisotopic (exact) mass is 486 g/mol. The van der Waals surface area contributed by atoms with Gasteiger partial charge in [0.1, 0.15) is 0 Å². The largest absolute Gasteiger partial charge is 0.356 e. The van der Waals surface area contributed by atoms with E-state index in [9.17, 15) is 8.42 Å². The van der Waals surface area contributed by atoms with E-state index in [2.05, 4.69) is 22.5 Å². The van der Waals surface area contributed by atoms with Crippen molar-refractivity contribution >= 4 is 40.0 Å². The third kappa shape index (κ3) is 7.58. The molecule has 25 heavy (non-hydrogen) atoms. The quantitative estimate of drug-likeness (QED) is 0.356. The van der Waals surface area contributed by atoms with Gasteiger partial charge in [-0.15, -0.1) is 24.0 Å². The number of halogens is 1. The van der Waals surface area contributed by atoms with Crippen LogP contribution in [0.15, 0.2) is 4.99 Å². The average molecular weight is 486 g/mol. The molecule has 1 saturated heterocycles. The maximum atomic E-state index is 11.6. The Balaban J connectivity index is 0.00000312. The first-order chi connectivity index (χ1) is 11.4. The van der Waals surface area contributed by atoms with Crippen molar-refractivity contribution in [1.82, 2.24) is 14.9 Å². The van der Waals surface area contributed by atoms with Crippen molar-refractivity contribution in [1.29, 1.82) is 0 Å². The molecule has 0 radical (unpaired) electrons. The molecule has 0 bridgehead atoms. The Hall–Kier alpha value is -0.0900. The molecule has 2 unspecified atom stereocenters. The van der Waals surface area contributed by atoms with Gasteiger partial charge in [0.2, 0.25) is 10.0 Å². The van der Waals surface area contributed by atoms with Gasteiger partial charge >= 0.3 is 0 Å². The standard InChI is InChI=1S/C17H34N4O2S.HI/c1-4-14-6-5-7-16(12-14)20-17(18-2)19-13-15-8-10-21(11-9-15)24(3,22)23;/h14-16H,4-13H2,1-3H3,(H2,18,19,20);1H. The lowest BCUT2D eigenvalue weighted by molar-refractivity contribution is 0.273. The van der Waals surface area contributed by atoms with Crippen LogP contribution >= 0.6 is 24.0 Å². The molecule has 1 saturated carbocycles. The molecule has 1 aliphatic carbocycles. The van der Waals surface area contributed by atoms with Gasteiger partial charge in [-0.25, -0.2) is 12.7 Å². The molecule has 0 aromatic rings. The van der Waals surface area contributed by atoms with E-state index in [-0.39, 0.29) is 24.0 Å². The summed E-state index contributed by atoms with van der Waals surface area (Å²) in [5.74, 6) is 2.24. The summed E-state index contributed by atoms with van der Waals surface area (Å²) in [5, 5.41) is 7.02. The number of guanidine groups is 1. The lowest BCUT2D eigenvalue weighted by Crippen LogP contribution is -2.47. The van der Waals surface area contributed by atoms with Gasteiger partial charge < -0.3 is 10.6 Å². The Bertz CT molecular complexity index is 519. The Morgan fingerprint density at radius 1 is 1.16 bits per heavy atom. The number of sulfonamides is 1. The maximum absolute atomic E-state index is 11.6. The zero-order valence-electron chi connectivity index (χ0n) is 15.8.